The maximum atomic E-state index is 12.0. The number of amides is 1. The summed E-state index contributed by atoms with van der Waals surface area (Å²) in [5, 5.41) is 3.20. The number of carbonyl (C=O) groups excluding carboxylic acids is 1. The molecule has 0 saturated carbocycles. The van der Waals surface area contributed by atoms with Crippen LogP contribution in [0.1, 0.15) is 44.7 Å². The minimum Gasteiger partial charge on any atom is -0.378 e. The molecular weight excluding hydrogens is 250 g/mol. The zero-order valence-electron chi connectivity index (χ0n) is 12.3. The van der Waals surface area contributed by atoms with Gasteiger partial charge in [0.2, 0.25) is 5.91 Å². The summed E-state index contributed by atoms with van der Waals surface area (Å²) in [6.45, 7) is 5.16. The number of hydrogen-bond donors (Lipinski definition) is 1. The molecule has 3 unspecified atom stereocenters. The van der Waals surface area contributed by atoms with Gasteiger partial charge in [-0.25, -0.2) is 0 Å². The van der Waals surface area contributed by atoms with Crippen LogP contribution in [0.4, 0.5) is 0 Å². The normalized spacial score (nSPS) is 33.6. The van der Waals surface area contributed by atoms with Gasteiger partial charge in [0, 0.05) is 18.4 Å². The highest BCUT2D eigenvalue weighted by molar-refractivity contribution is 5.80. The average Bonchev–Trinajstić information content (AvgIpc) is 2.76. The Balaban J connectivity index is 1.91. The second kappa shape index (κ2) is 5.21. The Morgan fingerprint density at radius 1 is 1.30 bits per heavy atom. The molecule has 20 heavy (non-hydrogen) atoms. The number of ether oxygens (including phenoxy) is 1. The molecule has 3 heteroatoms. The molecule has 3 atom stereocenters. The van der Waals surface area contributed by atoms with Gasteiger partial charge in [-0.05, 0) is 24.3 Å². The van der Waals surface area contributed by atoms with E-state index < -0.39 is 0 Å². The van der Waals surface area contributed by atoms with Crippen LogP contribution < -0.4 is 5.32 Å². The maximum Gasteiger partial charge on any atom is 0.221 e. The van der Waals surface area contributed by atoms with Crippen molar-refractivity contribution in [2.24, 2.45) is 11.3 Å². The summed E-state index contributed by atoms with van der Waals surface area (Å²) >= 11 is 0. The van der Waals surface area contributed by atoms with Crippen LogP contribution in [0.2, 0.25) is 0 Å². The zero-order chi connectivity index (χ0) is 14.2. The molecule has 0 radical (unpaired) electrons. The van der Waals surface area contributed by atoms with E-state index in [-0.39, 0.29) is 23.5 Å². The summed E-state index contributed by atoms with van der Waals surface area (Å²) in [5.74, 6) is 0.683. The van der Waals surface area contributed by atoms with Crippen LogP contribution in [-0.2, 0) is 9.53 Å². The molecule has 0 bridgehead atoms. The van der Waals surface area contributed by atoms with E-state index in [1.165, 1.54) is 5.56 Å². The molecular formula is C17H23NO2. The Bertz CT molecular complexity index is 485. The molecule has 2 aliphatic heterocycles. The summed E-state index contributed by atoms with van der Waals surface area (Å²) in [6, 6.07) is 10.5. The third kappa shape index (κ3) is 2.35. The molecule has 3 nitrogen and oxygen atoms in total. The number of hydrogen-bond acceptors (Lipinski definition) is 2. The van der Waals surface area contributed by atoms with Gasteiger partial charge in [-0.15, -0.1) is 0 Å². The van der Waals surface area contributed by atoms with E-state index in [2.05, 4.69) is 31.3 Å². The SMILES string of the molecule is CC(C)C1CC2(CCO1)CC(=O)NC2c1ccccc1. The van der Waals surface area contributed by atoms with E-state index in [1.54, 1.807) is 0 Å². The Hall–Kier alpha value is -1.35. The lowest BCUT2D eigenvalue weighted by Crippen LogP contribution is -2.41. The van der Waals surface area contributed by atoms with Gasteiger partial charge >= 0.3 is 0 Å². The van der Waals surface area contributed by atoms with Crippen molar-refractivity contribution in [3.8, 4) is 0 Å². The van der Waals surface area contributed by atoms with Gasteiger partial charge in [0.1, 0.15) is 0 Å². The van der Waals surface area contributed by atoms with Gasteiger partial charge in [0.05, 0.1) is 12.1 Å². The molecule has 0 aliphatic carbocycles. The summed E-state index contributed by atoms with van der Waals surface area (Å²) in [5.41, 5.74) is 1.26. The molecule has 1 amide bonds. The summed E-state index contributed by atoms with van der Waals surface area (Å²) < 4.78 is 5.91. The Kier molecular flexibility index (Phi) is 3.55. The van der Waals surface area contributed by atoms with Crippen molar-refractivity contribution in [3.63, 3.8) is 0 Å². The molecule has 3 rings (SSSR count). The summed E-state index contributed by atoms with van der Waals surface area (Å²) in [4.78, 5) is 12.0. The lowest BCUT2D eigenvalue weighted by Gasteiger charge is -2.42. The van der Waals surface area contributed by atoms with E-state index >= 15 is 0 Å². The van der Waals surface area contributed by atoms with E-state index in [9.17, 15) is 4.79 Å². The number of carbonyl (C=O) groups is 1. The maximum absolute atomic E-state index is 12.0. The van der Waals surface area contributed by atoms with Crippen LogP contribution in [0.5, 0.6) is 0 Å². The van der Waals surface area contributed by atoms with Crippen molar-refractivity contribution in [1.82, 2.24) is 5.32 Å². The minimum atomic E-state index is 0.0334. The van der Waals surface area contributed by atoms with Crippen molar-refractivity contribution in [2.75, 3.05) is 6.61 Å². The standard InChI is InChI=1S/C17H23NO2/c1-12(2)14-10-17(8-9-20-14)11-15(19)18-16(17)13-6-4-3-5-7-13/h3-7,12,14,16H,8-11H2,1-2H3,(H,18,19). The van der Waals surface area contributed by atoms with Gasteiger partial charge in [-0.3, -0.25) is 4.79 Å². The van der Waals surface area contributed by atoms with Crippen molar-refractivity contribution in [2.45, 2.75) is 45.3 Å². The molecule has 2 aliphatic rings. The van der Waals surface area contributed by atoms with Crippen molar-refractivity contribution < 1.29 is 9.53 Å². The molecule has 2 saturated heterocycles. The largest absolute Gasteiger partial charge is 0.378 e. The first-order valence-electron chi connectivity index (χ1n) is 7.57. The fraction of sp³-hybridized carbons (Fsp3) is 0.588. The highest BCUT2D eigenvalue weighted by Gasteiger charge is 2.50. The number of benzene rings is 1. The quantitative estimate of drug-likeness (QED) is 0.899. The lowest BCUT2D eigenvalue weighted by atomic mass is 9.69. The first-order chi connectivity index (χ1) is 9.61. The van der Waals surface area contributed by atoms with Gasteiger partial charge in [0.15, 0.2) is 0 Å². The number of nitrogens with one attached hydrogen (secondary N) is 1. The third-order valence-corrected chi connectivity index (χ3v) is 4.85. The molecule has 1 aromatic rings. The first kappa shape index (κ1) is 13.6. The highest BCUT2D eigenvalue weighted by Crippen LogP contribution is 2.51. The summed E-state index contributed by atoms with van der Waals surface area (Å²) in [7, 11) is 0. The van der Waals surface area contributed by atoms with Gasteiger partial charge in [-0.1, -0.05) is 44.2 Å². The van der Waals surface area contributed by atoms with E-state index in [0.717, 1.165) is 19.4 Å². The van der Waals surface area contributed by atoms with E-state index in [1.807, 2.05) is 18.2 Å². The molecule has 1 N–H and O–H groups in total. The zero-order valence-corrected chi connectivity index (χ0v) is 12.3. The predicted molar refractivity (Wildman–Crippen MR) is 78.2 cm³/mol. The summed E-state index contributed by atoms with van der Waals surface area (Å²) in [6.07, 6.45) is 2.85. The van der Waals surface area contributed by atoms with E-state index in [0.29, 0.717) is 12.3 Å². The molecule has 108 valence electrons. The smallest absolute Gasteiger partial charge is 0.221 e. The van der Waals surface area contributed by atoms with Crippen LogP contribution in [0.25, 0.3) is 0 Å². The van der Waals surface area contributed by atoms with Crippen LogP contribution >= 0.6 is 0 Å². The van der Waals surface area contributed by atoms with E-state index in [4.69, 9.17) is 4.74 Å². The topological polar surface area (TPSA) is 38.3 Å². The predicted octanol–water partition coefficient (Wildman–Crippen LogP) is 3.07. The van der Waals surface area contributed by atoms with Crippen LogP contribution in [-0.4, -0.2) is 18.6 Å². The van der Waals surface area contributed by atoms with Crippen LogP contribution in [0.15, 0.2) is 30.3 Å². The highest BCUT2D eigenvalue weighted by atomic mass is 16.5. The molecule has 2 heterocycles. The van der Waals surface area contributed by atoms with Crippen molar-refractivity contribution in [1.29, 1.82) is 0 Å². The molecule has 1 aromatic carbocycles. The van der Waals surface area contributed by atoms with Crippen LogP contribution in [0, 0.1) is 11.3 Å². The minimum absolute atomic E-state index is 0.0334. The Morgan fingerprint density at radius 3 is 2.75 bits per heavy atom. The van der Waals surface area contributed by atoms with Gasteiger partial charge < -0.3 is 10.1 Å². The lowest BCUT2D eigenvalue weighted by molar-refractivity contribution is -0.120. The Morgan fingerprint density at radius 2 is 2.05 bits per heavy atom. The van der Waals surface area contributed by atoms with Gasteiger partial charge in [-0.2, -0.15) is 0 Å². The fourth-order valence-electron chi connectivity index (χ4n) is 3.70. The molecule has 0 aromatic heterocycles. The first-order valence-corrected chi connectivity index (χ1v) is 7.57. The van der Waals surface area contributed by atoms with Gasteiger partial charge in [0.25, 0.3) is 0 Å². The van der Waals surface area contributed by atoms with Crippen LogP contribution in [0.3, 0.4) is 0 Å². The second-order valence-corrected chi connectivity index (χ2v) is 6.56. The van der Waals surface area contributed by atoms with Crippen molar-refractivity contribution in [3.05, 3.63) is 35.9 Å². The fourth-order valence-corrected chi connectivity index (χ4v) is 3.70. The molecule has 2 fully saturated rings. The third-order valence-electron chi connectivity index (χ3n) is 4.85. The number of rotatable bonds is 2. The molecule has 1 spiro atoms. The average molecular weight is 273 g/mol. The van der Waals surface area contributed by atoms with Crippen molar-refractivity contribution >= 4 is 5.91 Å². The monoisotopic (exact) mass is 273 g/mol. The Labute approximate surface area is 120 Å². The second-order valence-electron chi connectivity index (χ2n) is 6.56.